The molecule has 1 fully saturated rings. The summed E-state index contributed by atoms with van der Waals surface area (Å²) in [4.78, 5) is 9.84. The monoisotopic (exact) mass is 260 g/mol. The van der Waals surface area contributed by atoms with Gasteiger partial charge in [-0.15, -0.1) is 0 Å². The quantitative estimate of drug-likeness (QED) is 0.881. The Kier molecular flexibility index (Phi) is 3.57. The fourth-order valence-corrected chi connectivity index (χ4v) is 2.34. The van der Waals surface area contributed by atoms with Crippen LogP contribution in [0.2, 0.25) is 0 Å². The summed E-state index contributed by atoms with van der Waals surface area (Å²) in [6.45, 7) is 4.95. The van der Waals surface area contributed by atoms with E-state index < -0.39 is 0 Å². The second-order valence-corrected chi connectivity index (χ2v) is 4.76. The minimum atomic E-state index is -0.245. The molecule has 0 radical (unpaired) electrons. The van der Waals surface area contributed by atoms with Gasteiger partial charge in [0.2, 0.25) is 0 Å². The fourth-order valence-electron chi connectivity index (χ4n) is 2.34. The molecule has 0 unspecified atom stereocenters. The van der Waals surface area contributed by atoms with Crippen molar-refractivity contribution >= 4 is 0 Å². The van der Waals surface area contributed by atoms with Crippen LogP contribution in [0, 0.1) is 5.82 Å². The van der Waals surface area contributed by atoms with E-state index >= 15 is 0 Å². The lowest BCUT2D eigenvalue weighted by atomic mass is 10.2. The summed E-state index contributed by atoms with van der Waals surface area (Å²) in [5, 5.41) is 3.32. The number of aromatic amines is 1. The number of imidazole rings is 1. The number of nitrogens with one attached hydrogen (secondary N) is 2. The van der Waals surface area contributed by atoms with Crippen molar-refractivity contribution in [2.24, 2.45) is 0 Å². The van der Waals surface area contributed by atoms with Gasteiger partial charge in [-0.3, -0.25) is 4.90 Å². The van der Waals surface area contributed by atoms with Gasteiger partial charge < -0.3 is 10.3 Å². The Labute approximate surface area is 111 Å². The highest BCUT2D eigenvalue weighted by atomic mass is 19.1. The third kappa shape index (κ3) is 2.83. The SMILES string of the molecule is Fc1ccccc1-c1ncc(CN2CCNCC2)[nH]1. The van der Waals surface area contributed by atoms with Crippen molar-refractivity contribution in [3.8, 4) is 11.4 Å². The number of hydrogen-bond acceptors (Lipinski definition) is 3. The minimum Gasteiger partial charge on any atom is -0.341 e. The van der Waals surface area contributed by atoms with Crippen LogP contribution in [0.25, 0.3) is 11.4 Å². The Bertz CT molecular complexity index is 546. The summed E-state index contributed by atoms with van der Waals surface area (Å²) in [5.41, 5.74) is 1.55. The molecule has 1 aliphatic heterocycles. The summed E-state index contributed by atoms with van der Waals surface area (Å²) in [6.07, 6.45) is 1.80. The van der Waals surface area contributed by atoms with E-state index in [4.69, 9.17) is 0 Å². The number of aromatic nitrogens is 2. The van der Waals surface area contributed by atoms with Crippen molar-refractivity contribution in [3.05, 3.63) is 42.0 Å². The van der Waals surface area contributed by atoms with Crippen LogP contribution in [-0.4, -0.2) is 41.0 Å². The smallest absolute Gasteiger partial charge is 0.140 e. The van der Waals surface area contributed by atoms with E-state index in [1.807, 2.05) is 6.07 Å². The van der Waals surface area contributed by atoms with Crippen molar-refractivity contribution in [1.29, 1.82) is 0 Å². The van der Waals surface area contributed by atoms with Crippen LogP contribution in [0.4, 0.5) is 4.39 Å². The maximum Gasteiger partial charge on any atom is 0.140 e. The van der Waals surface area contributed by atoms with Crippen molar-refractivity contribution < 1.29 is 4.39 Å². The molecular formula is C14H17FN4. The van der Waals surface area contributed by atoms with Gasteiger partial charge >= 0.3 is 0 Å². The number of benzene rings is 1. The molecule has 1 aromatic heterocycles. The van der Waals surface area contributed by atoms with Gasteiger partial charge in [-0.25, -0.2) is 9.37 Å². The predicted octanol–water partition coefficient (Wildman–Crippen LogP) is 1.62. The Balaban J connectivity index is 1.74. The van der Waals surface area contributed by atoms with Gasteiger partial charge in [-0.2, -0.15) is 0 Å². The molecule has 3 rings (SSSR count). The molecule has 2 aromatic rings. The predicted molar refractivity (Wildman–Crippen MR) is 72.1 cm³/mol. The summed E-state index contributed by atoms with van der Waals surface area (Å²) in [6, 6.07) is 6.69. The van der Waals surface area contributed by atoms with Crippen LogP contribution in [0.15, 0.2) is 30.5 Å². The zero-order valence-corrected chi connectivity index (χ0v) is 10.7. The maximum atomic E-state index is 13.7. The normalized spacial score (nSPS) is 16.7. The van der Waals surface area contributed by atoms with E-state index in [1.165, 1.54) is 6.07 Å². The molecule has 5 heteroatoms. The van der Waals surface area contributed by atoms with Gasteiger partial charge in [0.15, 0.2) is 0 Å². The first-order valence-corrected chi connectivity index (χ1v) is 6.55. The van der Waals surface area contributed by atoms with Crippen LogP contribution in [0.5, 0.6) is 0 Å². The number of H-pyrrole nitrogens is 1. The zero-order chi connectivity index (χ0) is 13.1. The Hall–Kier alpha value is -1.72. The van der Waals surface area contributed by atoms with Gasteiger partial charge in [0.25, 0.3) is 0 Å². The Morgan fingerprint density at radius 2 is 2.00 bits per heavy atom. The van der Waals surface area contributed by atoms with Crippen molar-refractivity contribution in [2.45, 2.75) is 6.54 Å². The van der Waals surface area contributed by atoms with Gasteiger partial charge in [-0.05, 0) is 12.1 Å². The second kappa shape index (κ2) is 5.50. The summed E-state index contributed by atoms with van der Waals surface area (Å²) >= 11 is 0. The van der Waals surface area contributed by atoms with Gasteiger partial charge in [-0.1, -0.05) is 12.1 Å². The first-order valence-electron chi connectivity index (χ1n) is 6.55. The molecule has 2 N–H and O–H groups in total. The van der Waals surface area contributed by atoms with Crippen molar-refractivity contribution in [2.75, 3.05) is 26.2 Å². The topological polar surface area (TPSA) is 44.0 Å². The summed E-state index contributed by atoms with van der Waals surface area (Å²) in [5.74, 6) is 0.355. The molecule has 2 heterocycles. The summed E-state index contributed by atoms with van der Waals surface area (Å²) in [7, 11) is 0. The maximum absolute atomic E-state index is 13.7. The second-order valence-electron chi connectivity index (χ2n) is 4.76. The average molecular weight is 260 g/mol. The van der Waals surface area contributed by atoms with Crippen LogP contribution < -0.4 is 5.32 Å². The van der Waals surface area contributed by atoms with Crippen LogP contribution in [0.1, 0.15) is 5.69 Å². The van der Waals surface area contributed by atoms with Gasteiger partial charge in [0.1, 0.15) is 11.6 Å². The lowest BCUT2D eigenvalue weighted by molar-refractivity contribution is 0.231. The molecule has 0 amide bonds. The molecule has 1 saturated heterocycles. The standard InChI is InChI=1S/C14H17FN4/c15-13-4-2-1-3-12(13)14-17-9-11(18-14)10-19-7-5-16-6-8-19/h1-4,9,16H,5-8,10H2,(H,17,18). The largest absolute Gasteiger partial charge is 0.341 e. The van der Waals surface area contributed by atoms with Crippen molar-refractivity contribution in [3.63, 3.8) is 0 Å². The molecule has 1 aromatic carbocycles. The average Bonchev–Trinajstić information content (AvgIpc) is 2.89. The fraction of sp³-hybridized carbons (Fsp3) is 0.357. The van der Waals surface area contributed by atoms with Crippen molar-refractivity contribution in [1.82, 2.24) is 20.2 Å². The van der Waals surface area contributed by atoms with E-state index in [2.05, 4.69) is 20.2 Å². The third-order valence-corrected chi connectivity index (χ3v) is 3.36. The number of rotatable bonds is 3. The van der Waals surface area contributed by atoms with E-state index in [1.54, 1.807) is 18.3 Å². The third-order valence-electron chi connectivity index (χ3n) is 3.36. The highest BCUT2D eigenvalue weighted by Gasteiger charge is 2.13. The van der Waals surface area contributed by atoms with E-state index in [0.717, 1.165) is 38.4 Å². The zero-order valence-electron chi connectivity index (χ0n) is 10.7. The molecule has 19 heavy (non-hydrogen) atoms. The molecule has 0 aliphatic carbocycles. The van der Waals surface area contributed by atoms with Crippen LogP contribution in [0.3, 0.4) is 0 Å². The number of piperazine rings is 1. The molecule has 0 saturated carbocycles. The summed E-state index contributed by atoms with van der Waals surface area (Å²) < 4.78 is 13.7. The van der Waals surface area contributed by atoms with E-state index in [-0.39, 0.29) is 5.82 Å². The molecule has 0 bridgehead atoms. The number of halogens is 1. The minimum absolute atomic E-state index is 0.245. The first kappa shape index (κ1) is 12.3. The first-order chi connectivity index (χ1) is 9.33. The number of nitrogens with zero attached hydrogens (tertiary/aromatic N) is 2. The lowest BCUT2D eigenvalue weighted by Crippen LogP contribution is -2.42. The highest BCUT2D eigenvalue weighted by Crippen LogP contribution is 2.19. The molecule has 0 atom stereocenters. The van der Waals surface area contributed by atoms with E-state index in [0.29, 0.717) is 11.4 Å². The van der Waals surface area contributed by atoms with Gasteiger partial charge in [0, 0.05) is 44.6 Å². The van der Waals surface area contributed by atoms with Crippen LogP contribution >= 0.6 is 0 Å². The molecule has 1 aliphatic rings. The Morgan fingerprint density at radius 1 is 1.21 bits per heavy atom. The molecule has 0 spiro atoms. The lowest BCUT2D eigenvalue weighted by Gasteiger charge is -2.26. The molecule has 100 valence electrons. The van der Waals surface area contributed by atoms with Gasteiger partial charge in [0.05, 0.1) is 5.56 Å². The van der Waals surface area contributed by atoms with Crippen LogP contribution in [-0.2, 0) is 6.54 Å². The molecular weight excluding hydrogens is 243 g/mol. The Morgan fingerprint density at radius 3 is 2.79 bits per heavy atom. The number of hydrogen-bond donors (Lipinski definition) is 2. The van der Waals surface area contributed by atoms with E-state index in [9.17, 15) is 4.39 Å². The molecule has 4 nitrogen and oxygen atoms in total. The highest BCUT2D eigenvalue weighted by molar-refractivity contribution is 5.55.